The molecular formula is C43H37IN8O5S3. The molecule has 1 atom stereocenters. The van der Waals surface area contributed by atoms with Crippen molar-refractivity contribution in [1.82, 2.24) is 20.3 Å². The number of anilines is 2. The fourth-order valence-electron chi connectivity index (χ4n) is 6.76. The number of hydrogen-bond donors (Lipinski definition) is 3. The van der Waals surface area contributed by atoms with Crippen LogP contribution in [0, 0.1) is 0 Å². The van der Waals surface area contributed by atoms with Gasteiger partial charge in [-0.3, -0.25) is 14.5 Å². The number of hydrogen-bond acceptors (Lipinski definition) is 13. The number of thioether (sulfide) groups is 2. The maximum absolute atomic E-state index is 13.7. The predicted octanol–water partition coefficient (Wildman–Crippen LogP) is 3.39. The molecule has 6 aromatic rings. The van der Waals surface area contributed by atoms with Gasteiger partial charge < -0.3 is 39.0 Å². The Bertz CT molecular complexity index is 2400. The van der Waals surface area contributed by atoms with E-state index in [9.17, 15) is 14.4 Å². The van der Waals surface area contributed by atoms with E-state index in [0.29, 0.717) is 34.4 Å². The highest BCUT2D eigenvalue weighted by Crippen LogP contribution is 2.42. The molecule has 2 aliphatic heterocycles. The molecule has 0 radical (unpaired) electrons. The van der Waals surface area contributed by atoms with Gasteiger partial charge in [-0.25, -0.2) is 14.8 Å². The Hall–Kier alpha value is -5.76. The Kier molecular flexibility index (Phi) is 13.8. The van der Waals surface area contributed by atoms with E-state index >= 15 is 0 Å². The van der Waals surface area contributed by atoms with E-state index in [1.807, 2.05) is 97.3 Å². The molecule has 13 nitrogen and oxygen atoms in total. The lowest BCUT2D eigenvalue weighted by Gasteiger charge is -2.44. The van der Waals surface area contributed by atoms with E-state index in [-0.39, 0.29) is 52.4 Å². The highest BCUT2D eigenvalue weighted by molar-refractivity contribution is 8.01. The second-order valence-corrected chi connectivity index (χ2v) is 16.3. The standard InChI is InChI=1S/C43H36N8O5S3.HI/c1-55-48-38(34-28-59-42(45-34)46-43(30-13-5-2-6-14-30,31-15-7-3-8-16-31)32-17-9-4-10-18-32)40(53)49-56-41(54)39-29(27-58-37-25-36(52)51(37)39)26-57-33-20-23-50(24-21-33)47-35-19-11-12-22-44-35;/h2-24,28,37H,25-27H2,1H3,(H2-,44,45,46,47,49,53);1H/b48-38-;/t37-;/m0./s1. The van der Waals surface area contributed by atoms with Crippen molar-refractivity contribution < 1.29 is 52.7 Å². The SMILES string of the molecule is CO/N=C(\C(=O)NOC(=O)C1=C(CSc2cc[n+](Nc3ccccn3)cc2)CS[C@H]2CC(=O)N12)c1csc(NC(c2ccccc2)(c2ccccc2)c2ccccc2)n1.[I-]. The van der Waals surface area contributed by atoms with Crippen LogP contribution in [0.25, 0.3) is 0 Å². The zero-order chi connectivity index (χ0) is 40.6. The molecule has 0 bridgehead atoms. The second kappa shape index (κ2) is 19.5. The molecular weight excluding hydrogens is 932 g/mol. The summed E-state index contributed by atoms with van der Waals surface area (Å²) < 4.78 is 1.79. The van der Waals surface area contributed by atoms with Gasteiger partial charge in [0, 0.05) is 40.1 Å². The summed E-state index contributed by atoms with van der Waals surface area (Å²) in [6, 6.07) is 39.7. The number of nitrogens with zero attached hydrogens (tertiary/aromatic N) is 5. The summed E-state index contributed by atoms with van der Waals surface area (Å²) >= 11 is 4.39. The average molecular weight is 969 g/mol. The Morgan fingerprint density at radius 2 is 1.55 bits per heavy atom. The summed E-state index contributed by atoms with van der Waals surface area (Å²) in [5.74, 6) is -0.258. The van der Waals surface area contributed by atoms with E-state index in [4.69, 9.17) is 14.7 Å². The number of carbonyl (C=O) groups is 3. The number of rotatable bonds is 14. The van der Waals surface area contributed by atoms with Crippen molar-refractivity contribution in [3.8, 4) is 0 Å². The number of amides is 2. The third-order valence-corrected chi connectivity index (χ3v) is 12.7. The average Bonchev–Trinajstić information content (AvgIpc) is 3.75. The highest BCUT2D eigenvalue weighted by Gasteiger charge is 2.46. The number of carbonyl (C=O) groups excluding carboxylic acids is 3. The molecule has 0 aliphatic carbocycles. The number of benzene rings is 3. The summed E-state index contributed by atoms with van der Waals surface area (Å²) in [6.07, 6.45) is 5.77. The smallest absolute Gasteiger partial charge is 0.379 e. The van der Waals surface area contributed by atoms with Crippen molar-refractivity contribution in [3.05, 3.63) is 179 Å². The Morgan fingerprint density at radius 1 is 0.917 bits per heavy atom. The van der Waals surface area contributed by atoms with Crippen molar-refractivity contribution in [2.75, 3.05) is 29.4 Å². The number of thiazole rings is 1. The molecule has 60 heavy (non-hydrogen) atoms. The summed E-state index contributed by atoms with van der Waals surface area (Å²) in [4.78, 5) is 62.1. The lowest BCUT2D eigenvalue weighted by Crippen LogP contribution is -3.00. The minimum absolute atomic E-state index is 0. The summed E-state index contributed by atoms with van der Waals surface area (Å²) in [6.45, 7) is 0. The minimum atomic E-state index is -0.859. The largest absolute Gasteiger partial charge is 1.00 e. The Balaban J connectivity index is 0.00000544. The third-order valence-electron chi connectivity index (χ3n) is 9.54. The van der Waals surface area contributed by atoms with Crippen molar-refractivity contribution in [1.29, 1.82) is 0 Å². The molecule has 2 amide bonds. The molecule has 0 unspecified atom stereocenters. The molecule has 1 saturated heterocycles. The van der Waals surface area contributed by atoms with Crippen LogP contribution in [-0.4, -0.2) is 62.4 Å². The van der Waals surface area contributed by atoms with Gasteiger partial charge in [-0.15, -0.1) is 40.3 Å². The summed E-state index contributed by atoms with van der Waals surface area (Å²) in [5.41, 5.74) is 8.32. The van der Waals surface area contributed by atoms with Gasteiger partial charge in [0.25, 0.3) is 0 Å². The van der Waals surface area contributed by atoms with Gasteiger partial charge in [-0.2, -0.15) is 5.48 Å². The predicted molar refractivity (Wildman–Crippen MR) is 228 cm³/mol. The van der Waals surface area contributed by atoms with Gasteiger partial charge in [0.2, 0.25) is 18.3 Å². The second-order valence-electron chi connectivity index (χ2n) is 13.2. The number of fused-ring (bicyclic) bond motifs is 1. The zero-order valence-electron chi connectivity index (χ0n) is 31.9. The molecule has 0 spiro atoms. The molecule has 8 rings (SSSR count). The Morgan fingerprint density at radius 3 is 2.13 bits per heavy atom. The maximum Gasteiger partial charge on any atom is 0.379 e. The van der Waals surface area contributed by atoms with Crippen LogP contribution in [0.15, 0.2) is 167 Å². The number of pyridine rings is 2. The van der Waals surface area contributed by atoms with Gasteiger partial charge >= 0.3 is 11.9 Å². The molecule has 17 heteroatoms. The van der Waals surface area contributed by atoms with Crippen molar-refractivity contribution in [2.45, 2.75) is 22.2 Å². The maximum atomic E-state index is 13.7. The van der Waals surface area contributed by atoms with E-state index in [1.54, 1.807) is 28.0 Å². The molecule has 5 heterocycles. The first-order chi connectivity index (χ1) is 28.9. The van der Waals surface area contributed by atoms with Crippen molar-refractivity contribution in [3.63, 3.8) is 0 Å². The molecule has 1 fully saturated rings. The molecule has 3 aromatic carbocycles. The van der Waals surface area contributed by atoms with E-state index in [0.717, 1.165) is 21.6 Å². The fraction of sp³-hybridized carbons (Fsp3) is 0.140. The number of β-lactam (4-membered cyclic amide) rings is 1. The zero-order valence-corrected chi connectivity index (χ0v) is 36.5. The molecule has 304 valence electrons. The van der Waals surface area contributed by atoms with Gasteiger partial charge in [-0.05, 0) is 34.4 Å². The van der Waals surface area contributed by atoms with Crippen LogP contribution in [0.4, 0.5) is 10.9 Å². The van der Waals surface area contributed by atoms with Crippen molar-refractivity contribution in [2.24, 2.45) is 5.16 Å². The normalized spacial score (nSPS) is 14.9. The first-order valence-electron chi connectivity index (χ1n) is 18.4. The highest BCUT2D eigenvalue weighted by atomic mass is 127. The van der Waals surface area contributed by atoms with E-state index in [2.05, 4.69) is 62.8 Å². The number of nitrogens with one attached hydrogen (secondary N) is 3. The first kappa shape index (κ1) is 42.4. The minimum Gasteiger partial charge on any atom is -1.00 e. The van der Waals surface area contributed by atoms with Crippen LogP contribution in [0.2, 0.25) is 0 Å². The van der Waals surface area contributed by atoms with Gasteiger partial charge in [0.1, 0.15) is 24.0 Å². The number of aromatic nitrogens is 3. The number of hydroxylamine groups is 1. The lowest BCUT2D eigenvalue weighted by molar-refractivity contribution is -0.643. The van der Waals surface area contributed by atoms with Crippen LogP contribution in [0.1, 0.15) is 28.8 Å². The lowest BCUT2D eigenvalue weighted by atomic mass is 9.77. The molecule has 3 N–H and O–H groups in total. The van der Waals surface area contributed by atoms with Crippen LogP contribution in [-0.2, 0) is 29.6 Å². The fourth-order valence-corrected chi connectivity index (χ4v) is 9.80. The van der Waals surface area contributed by atoms with Crippen LogP contribution < -0.4 is 44.9 Å². The quantitative estimate of drug-likeness (QED) is 0.0281. The topological polar surface area (TPSA) is 151 Å². The monoisotopic (exact) mass is 968 g/mol. The molecule has 2 aliphatic rings. The summed E-state index contributed by atoms with van der Waals surface area (Å²) in [5, 5.41) is 9.65. The third kappa shape index (κ3) is 9.18. The van der Waals surface area contributed by atoms with Crippen LogP contribution >= 0.6 is 34.9 Å². The van der Waals surface area contributed by atoms with Crippen LogP contribution in [0.5, 0.6) is 0 Å². The first-order valence-corrected chi connectivity index (χ1v) is 21.4. The van der Waals surface area contributed by atoms with Crippen LogP contribution in [0.3, 0.4) is 0 Å². The summed E-state index contributed by atoms with van der Waals surface area (Å²) in [7, 11) is 1.31. The molecule has 0 saturated carbocycles. The Labute approximate surface area is 375 Å². The van der Waals surface area contributed by atoms with Gasteiger partial charge in [-0.1, -0.05) is 107 Å². The van der Waals surface area contributed by atoms with Crippen molar-refractivity contribution >= 4 is 69.3 Å². The number of halogens is 1. The van der Waals surface area contributed by atoms with E-state index < -0.39 is 17.4 Å². The van der Waals surface area contributed by atoms with E-state index in [1.165, 1.54) is 35.1 Å². The molecule has 3 aromatic heterocycles. The van der Waals surface area contributed by atoms with Gasteiger partial charge in [0.15, 0.2) is 16.7 Å². The van der Waals surface area contributed by atoms with Gasteiger partial charge in [0.05, 0.1) is 11.8 Å². The number of oxime groups is 1.